The van der Waals surface area contributed by atoms with Gasteiger partial charge in [-0.25, -0.2) is 33.9 Å². The summed E-state index contributed by atoms with van der Waals surface area (Å²) < 4.78 is 7.06. The van der Waals surface area contributed by atoms with Gasteiger partial charge in [0.1, 0.15) is 17.3 Å². The molecule has 0 aliphatic rings. The van der Waals surface area contributed by atoms with E-state index in [0.29, 0.717) is 34.9 Å². The molecule has 0 fully saturated rings. The van der Waals surface area contributed by atoms with Crippen molar-refractivity contribution in [3.63, 3.8) is 0 Å². The molecule has 32 heavy (non-hydrogen) atoms. The second-order valence-corrected chi connectivity index (χ2v) is 6.83. The van der Waals surface area contributed by atoms with E-state index in [0.717, 1.165) is 4.68 Å². The molecular formula is C21H22N7O4+. The average Bonchev–Trinajstić information content (AvgIpc) is 3.08. The maximum atomic E-state index is 13.1. The standard InChI is InChI=1S/C21H21N7O4/c1-5-23-17-15(10-12(2)24-18(17)20(30)32-4)19(29)25-13-6-8-14(9-7-13)28-16(11-22)26-27(3)21(28)31/h6-10,23H,5H2,1-4H3,(H,25,29)/p+1. The third kappa shape index (κ3) is 4.26. The Morgan fingerprint density at radius 3 is 2.56 bits per heavy atom. The SMILES string of the molecule is CCNc1c(C(=O)[NH2+]c2ccc(-n3c(C#N)nn(C)c3=O)cc2)cc(C)nc1C(=O)OC. The number of nitrogens with two attached hydrogens (primary N) is 1. The van der Waals surface area contributed by atoms with Gasteiger partial charge in [0.25, 0.3) is 0 Å². The fourth-order valence-corrected chi connectivity index (χ4v) is 3.19. The number of methoxy groups -OCH3 is 1. The second kappa shape index (κ2) is 9.23. The number of ether oxygens (including phenoxy) is 1. The zero-order chi connectivity index (χ0) is 23.4. The molecule has 0 saturated carbocycles. The second-order valence-electron chi connectivity index (χ2n) is 6.83. The van der Waals surface area contributed by atoms with Crippen molar-refractivity contribution in [2.24, 2.45) is 7.05 Å². The smallest absolute Gasteiger partial charge is 0.358 e. The minimum absolute atomic E-state index is 0.0387. The highest BCUT2D eigenvalue weighted by molar-refractivity contribution is 6.02. The van der Waals surface area contributed by atoms with Gasteiger partial charge in [-0.15, -0.1) is 5.10 Å². The van der Waals surface area contributed by atoms with E-state index in [-0.39, 0.29) is 17.4 Å². The number of primary amides is 1. The maximum Gasteiger partial charge on any atom is 0.358 e. The van der Waals surface area contributed by atoms with Gasteiger partial charge in [0.2, 0.25) is 5.82 Å². The zero-order valence-corrected chi connectivity index (χ0v) is 18.0. The summed E-state index contributed by atoms with van der Waals surface area (Å²) >= 11 is 0. The first-order chi connectivity index (χ1) is 15.3. The lowest BCUT2D eigenvalue weighted by molar-refractivity contribution is -0.464. The highest BCUT2D eigenvalue weighted by Gasteiger charge is 2.25. The predicted octanol–water partition coefficient (Wildman–Crippen LogP) is 0.400. The Bertz CT molecular complexity index is 1280. The number of benzene rings is 1. The number of amides is 1. The number of carbonyl (C=O) groups is 2. The topological polar surface area (TPSA) is 149 Å². The first-order valence-corrected chi connectivity index (χ1v) is 9.70. The highest BCUT2D eigenvalue weighted by atomic mass is 16.5. The molecule has 1 aromatic carbocycles. The summed E-state index contributed by atoms with van der Waals surface area (Å²) in [5.74, 6) is -1.01. The minimum atomic E-state index is -0.640. The van der Waals surface area contributed by atoms with Gasteiger partial charge in [0.15, 0.2) is 5.69 Å². The molecule has 0 spiro atoms. The number of rotatable bonds is 6. The van der Waals surface area contributed by atoms with Crippen LogP contribution in [0.5, 0.6) is 0 Å². The number of nitrogens with one attached hydrogen (secondary N) is 1. The van der Waals surface area contributed by atoms with Crippen LogP contribution in [0.2, 0.25) is 0 Å². The van der Waals surface area contributed by atoms with Crippen LogP contribution in [0.3, 0.4) is 0 Å². The summed E-state index contributed by atoms with van der Waals surface area (Å²) in [5, 5.41) is 17.5. The molecule has 2 aromatic heterocycles. The lowest BCUT2D eigenvalue weighted by Gasteiger charge is -2.13. The quantitative estimate of drug-likeness (QED) is 0.417. The van der Waals surface area contributed by atoms with Gasteiger partial charge < -0.3 is 10.1 Å². The van der Waals surface area contributed by atoms with E-state index in [4.69, 9.17) is 4.74 Å². The summed E-state index contributed by atoms with van der Waals surface area (Å²) in [6.45, 7) is 4.00. The number of esters is 1. The Hall–Kier alpha value is -4.30. The van der Waals surface area contributed by atoms with Crippen LogP contribution in [0.1, 0.15) is 39.3 Å². The fraction of sp³-hybridized carbons (Fsp3) is 0.238. The molecule has 0 unspecified atom stereocenters. The monoisotopic (exact) mass is 436 g/mol. The number of hydrogen-bond donors (Lipinski definition) is 2. The maximum absolute atomic E-state index is 13.1. The van der Waals surface area contributed by atoms with Crippen LogP contribution in [0, 0.1) is 18.3 Å². The van der Waals surface area contributed by atoms with E-state index in [1.54, 1.807) is 37.3 Å². The van der Waals surface area contributed by atoms with Crippen LogP contribution in [-0.2, 0) is 11.8 Å². The Labute approximate surface area is 183 Å². The third-order valence-corrected chi connectivity index (χ3v) is 4.62. The van der Waals surface area contributed by atoms with Gasteiger partial charge in [-0.05, 0) is 32.0 Å². The molecule has 11 heteroatoms. The molecule has 164 valence electrons. The van der Waals surface area contributed by atoms with E-state index in [1.165, 1.54) is 24.0 Å². The molecule has 3 rings (SSSR count). The number of pyridine rings is 1. The lowest BCUT2D eigenvalue weighted by Crippen LogP contribution is -2.82. The Kier molecular flexibility index (Phi) is 6.46. The van der Waals surface area contributed by atoms with E-state index in [2.05, 4.69) is 15.4 Å². The summed E-state index contributed by atoms with van der Waals surface area (Å²) in [5.41, 5.74) is 1.71. The van der Waals surface area contributed by atoms with Crippen LogP contribution in [0.15, 0.2) is 35.1 Å². The number of aryl methyl sites for hydroxylation is 2. The van der Waals surface area contributed by atoms with Crippen LogP contribution in [0.25, 0.3) is 5.69 Å². The number of nitrogens with zero attached hydrogens (tertiary/aromatic N) is 5. The summed E-state index contributed by atoms with van der Waals surface area (Å²) in [7, 11) is 2.71. The van der Waals surface area contributed by atoms with E-state index < -0.39 is 11.7 Å². The van der Waals surface area contributed by atoms with Crippen molar-refractivity contribution < 1.29 is 19.6 Å². The lowest BCUT2D eigenvalue weighted by atomic mass is 10.1. The number of nitriles is 1. The molecule has 11 nitrogen and oxygen atoms in total. The van der Waals surface area contributed by atoms with Crippen molar-refractivity contribution in [1.29, 1.82) is 5.26 Å². The summed E-state index contributed by atoms with van der Waals surface area (Å²) in [6, 6.07) is 10.0. The molecule has 0 atom stereocenters. The predicted molar refractivity (Wildman–Crippen MR) is 114 cm³/mol. The number of quaternary nitrogens is 1. The molecule has 0 radical (unpaired) electrons. The van der Waals surface area contributed by atoms with Gasteiger partial charge in [-0.1, -0.05) is 0 Å². The molecule has 0 aliphatic heterocycles. The third-order valence-electron chi connectivity index (χ3n) is 4.62. The first kappa shape index (κ1) is 22.4. The number of anilines is 1. The molecule has 0 saturated heterocycles. The molecular weight excluding hydrogens is 414 g/mol. The van der Waals surface area contributed by atoms with Gasteiger partial charge in [0.05, 0.1) is 18.5 Å². The zero-order valence-electron chi connectivity index (χ0n) is 18.0. The van der Waals surface area contributed by atoms with Crippen molar-refractivity contribution in [3.8, 4) is 11.8 Å². The summed E-state index contributed by atoms with van der Waals surface area (Å²) in [4.78, 5) is 41.6. The largest absolute Gasteiger partial charge is 0.464 e. The average molecular weight is 436 g/mol. The molecule has 1 amide bonds. The number of hydrogen-bond acceptors (Lipinski definition) is 8. The van der Waals surface area contributed by atoms with E-state index in [9.17, 15) is 19.6 Å². The molecule has 2 heterocycles. The number of carbonyl (C=O) groups excluding carboxylic acids is 2. The Morgan fingerprint density at radius 2 is 1.97 bits per heavy atom. The van der Waals surface area contributed by atoms with Crippen LogP contribution < -0.4 is 16.3 Å². The van der Waals surface area contributed by atoms with Gasteiger partial charge >= 0.3 is 17.6 Å². The van der Waals surface area contributed by atoms with Crippen molar-refractivity contribution in [2.75, 3.05) is 19.0 Å². The minimum Gasteiger partial charge on any atom is -0.464 e. The normalized spacial score (nSPS) is 10.5. The molecule has 0 aliphatic carbocycles. The van der Waals surface area contributed by atoms with Crippen LogP contribution >= 0.6 is 0 Å². The Morgan fingerprint density at radius 1 is 1.28 bits per heavy atom. The number of aromatic nitrogens is 4. The van der Waals surface area contributed by atoms with E-state index in [1.807, 2.05) is 13.0 Å². The Balaban J connectivity index is 1.93. The van der Waals surface area contributed by atoms with Crippen molar-refractivity contribution in [2.45, 2.75) is 13.8 Å². The van der Waals surface area contributed by atoms with Crippen molar-refractivity contribution in [3.05, 3.63) is 63.6 Å². The van der Waals surface area contributed by atoms with Gasteiger partial charge in [-0.2, -0.15) is 5.26 Å². The van der Waals surface area contributed by atoms with Crippen LogP contribution in [0.4, 0.5) is 11.4 Å². The molecule has 3 N–H and O–H groups in total. The van der Waals surface area contributed by atoms with Gasteiger partial charge in [-0.3, -0.25) is 0 Å². The molecule has 0 bridgehead atoms. The van der Waals surface area contributed by atoms with Gasteiger partial charge in [0, 0.05) is 31.4 Å². The summed E-state index contributed by atoms with van der Waals surface area (Å²) in [6.07, 6.45) is 0. The van der Waals surface area contributed by atoms with E-state index >= 15 is 0 Å². The fourth-order valence-electron chi connectivity index (χ4n) is 3.19. The van der Waals surface area contributed by atoms with Crippen molar-refractivity contribution in [1.82, 2.24) is 19.3 Å². The first-order valence-electron chi connectivity index (χ1n) is 9.70. The molecule has 3 aromatic rings. The highest BCUT2D eigenvalue weighted by Crippen LogP contribution is 2.21. The van der Waals surface area contributed by atoms with Crippen molar-refractivity contribution >= 4 is 23.3 Å². The van der Waals surface area contributed by atoms with Crippen LogP contribution in [-0.4, -0.2) is 44.9 Å².